The lowest BCUT2D eigenvalue weighted by Gasteiger charge is -2.03. The Hall–Kier alpha value is 0.360. The maximum absolute atomic E-state index is 2.44. The van der Waals surface area contributed by atoms with Crippen LogP contribution in [0, 0.1) is 0 Å². The zero-order chi connectivity index (χ0) is 10.4. The summed E-state index contributed by atoms with van der Waals surface area (Å²) < 4.78 is 2.44. The van der Waals surface area contributed by atoms with E-state index in [1.54, 1.807) is 10.7 Å². The fourth-order valence-corrected chi connectivity index (χ4v) is 2.24. The monoisotopic (exact) mass is 325 g/mol. The number of unbranched alkanes of at least 4 members (excludes halogenated alkanes) is 4. The summed E-state index contributed by atoms with van der Waals surface area (Å²) in [5.74, 6) is 1.63. The standard InChI is InChI=1S/C12H25N2.HI/c1-4-5-6-7-8-9-12-13(2)10-11-14(12)3;/h4-11H2,1-3H3;1H/q+1;. The third-order valence-electron chi connectivity index (χ3n) is 3.29. The summed E-state index contributed by atoms with van der Waals surface area (Å²) in [6.07, 6.45) is 8.30. The highest BCUT2D eigenvalue weighted by molar-refractivity contribution is 5.68. The number of amidine groups is 1. The predicted molar refractivity (Wildman–Crippen MR) is 61.2 cm³/mol. The summed E-state index contributed by atoms with van der Waals surface area (Å²) >= 11 is 0. The van der Waals surface area contributed by atoms with Gasteiger partial charge in [-0.3, -0.25) is 0 Å². The van der Waals surface area contributed by atoms with Crippen molar-refractivity contribution in [2.75, 3.05) is 27.2 Å². The Labute approximate surface area is 112 Å². The van der Waals surface area contributed by atoms with Gasteiger partial charge in [0.15, 0.2) is 6.54 Å². The summed E-state index contributed by atoms with van der Waals surface area (Å²) in [6, 6.07) is 0. The van der Waals surface area contributed by atoms with Crippen LogP contribution in [-0.2, 0) is 0 Å². The van der Waals surface area contributed by atoms with Gasteiger partial charge in [0.2, 0.25) is 0 Å². The molecular weight excluding hydrogens is 299 g/mol. The predicted octanol–water partition coefficient (Wildman–Crippen LogP) is -2.08. The van der Waals surface area contributed by atoms with E-state index in [4.69, 9.17) is 0 Å². The summed E-state index contributed by atoms with van der Waals surface area (Å²) in [5, 5.41) is 0. The molecule has 0 spiro atoms. The van der Waals surface area contributed by atoms with Crippen LogP contribution < -0.4 is 28.9 Å². The maximum Gasteiger partial charge on any atom is 0.336 e. The van der Waals surface area contributed by atoms with Crippen LogP contribution in [-0.4, -0.2) is 37.6 Å². The minimum absolute atomic E-state index is 0. The topological polar surface area (TPSA) is 7.45 Å². The van der Waals surface area contributed by atoms with Crippen molar-refractivity contribution in [3.05, 3.63) is 0 Å². The first-order valence-electron chi connectivity index (χ1n) is 6.15. The van der Waals surface area contributed by atoms with Gasteiger partial charge in [-0.15, -0.1) is 0 Å². The molecule has 0 bridgehead atoms. The van der Waals surface area contributed by atoms with E-state index in [-0.39, 0.29) is 24.0 Å². The van der Waals surface area contributed by atoms with Crippen molar-refractivity contribution in [1.82, 2.24) is 0 Å². The van der Waals surface area contributed by atoms with Gasteiger partial charge in [-0.25, -0.2) is 4.90 Å². The molecule has 0 saturated heterocycles. The van der Waals surface area contributed by atoms with Gasteiger partial charge in [0.05, 0.1) is 13.5 Å². The average Bonchev–Trinajstić information content (AvgIpc) is 2.48. The van der Waals surface area contributed by atoms with E-state index in [9.17, 15) is 0 Å². The van der Waals surface area contributed by atoms with Crippen molar-refractivity contribution < 1.29 is 33.5 Å². The van der Waals surface area contributed by atoms with Gasteiger partial charge in [0, 0.05) is 0 Å². The first kappa shape index (κ1) is 15.4. The highest BCUT2D eigenvalue weighted by Gasteiger charge is 2.28. The Morgan fingerprint density at radius 2 is 1.87 bits per heavy atom. The van der Waals surface area contributed by atoms with Crippen LogP contribution in [0.5, 0.6) is 0 Å². The molecule has 1 rings (SSSR count). The van der Waals surface area contributed by atoms with Gasteiger partial charge in [0.1, 0.15) is 13.6 Å². The van der Waals surface area contributed by atoms with Crippen LogP contribution in [0.25, 0.3) is 0 Å². The normalized spacial score (nSPS) is 20.6. The third-order valence-corrected chi connectivity index (χ3v) is 3.29. The van der Waals surface area contributed by atoms with Crippen LogP contribution in [0.4, 0.5) is 0 Å². The SMILES string of the molecule is CCCCCCCC1=[N+](C)CC[NH+]1C.[I-]. The van der Waals surface area contributed by atoms with Crippen LogP contribution in [0.3, 0.4) is 0 Å². The number of nitrogens with zero attached hydrogens (tertiary/aromatic N) is 1. The molecule has 1 unspecified atom stereocenters. The van der Waals surface area contributed by atoms with Crippen LogP contribution in [0.2, 0.25) is 0 Å². The number of hydrogen-bond donors (Lipinski definition) is 1. The molecule has 0 fully saturated rings. The first-order chi connectivity index (χ1) is 6.75. The lowest BCUT2D eigenvalue weighted by molar-refractivity contribution is -0.779. The Kier molecular flexibility index (Phi) is 8.71. The lowest BCUT2D eigenvalue weighted by atomic mass is 10.1. The second-order valence-electron chi connectivity index (χ2n) is 4.56. The quantitative estimate of drug-likeness (QED) is 0.326. The van der Waals surface area contributed by atoms with E-state index < -0.39 is 0 Å². The van der Waals surface area contributed by atoms with Crippen molar-refractivity contribution >= 4 is 5.84 Å². The number of likely N-dealkylation sites (N-methyl/N-ethyl adjacent to an activating group) is 2. The third kappa shape index (κ3) is 5.29. The van der Waals surface area contributed by atoms with Crippen LogP contribution in [0.1, 0.15) is 45.4 Å². The largest absolute Gasteiger partial charge is 1.00 e. The van der Waals surface area contributed by atoms with Gasteiger partial charge in [-0.05, 0) is 6.42 Å². The molecule has 90 valence electrons. The molecule has 15 heavy (non-hydrogen) atoms. The molecule has 1 aliphatic rings. The molecule has 3 heteroatoms. The second-order valence-corrected chi connectivity index (χ2v) is 4.56. The Balaban J connectivity index is 0.00000196. The molecule has 0 aromatic heterocycles. The van der Waals surface area contributed by atoms with Crippen molar-refractivity contribution in [3.8, 4) is 0 Å². The summed E-state index contributed by atoms with van der Waals surface area (Å²) in [7, 11) is 4.53. The summed E-state index contributed by atoms with van der Waals surface area (Å²) in [5.41, 5.74) is 0. The van der Waals surface area contributed by atoms with Crippen molar-refractivity contribution in [3.63, 3.8) is 0 Å². The molecule has 0 saturated carbocycles. The number of rotatable bonds is 6. The van der Waals surface area contributed by atoms with E-state index in [1.165, 1.54) is 51.6 Å². The van der Waals surface area contributed by atoms with Crippen LogP contribution >= 0.6 is 0 Å². The molecule has 0 amide bonds. The van der Waals surface area contributed by atoms with Gasteiger partial charge in [-0.2, -0.15) is 4.58 Å². The zero-order valence-electron chi connectivity index (χ0n) is 10.5. The van der Waals surface area contributed by atoms with Crippen LogP contribution in [0.15, 0.2) is 0 Å². The van der Waals surface area contributed by atoms with Crippen molar-refractivity contribution in [2.45, 2.75) is 45.4 Å². The van der Waals surface area contributed by atoms with E-state index >= 15 is 0 Å². The highest BCUT2D eigenvalue weighted by atomic mass is 127. The molecule has 1 atom stereocenters. The second kappa shape index (κ2) is 8.50. The maximum atomic E-state index is 2.44. The number of quaternary nitrogens is 1. The van der Waals surface area contributed by atoms with E-state index in [2.05, 4.69) is 25.6 Å². The molecule has 1 aliphatic heterocycles. The average molecular weight is 325 g/mol. The summed E-state index contributed by atoms with van der Waals surface area (Å²) in [6.45, 7) is 4.81. The number of nitrogens with one attached hydrogen (secondary N) is 1. The van der Waals surface area contributed by atoms with Gasteiger partial charge < -0.3 is 24.0 Å². The van der Waals surface area contributed by atoms with Gasteiger partial charge in [0.25, 0.3) is 0 Å². The molecule has 1 N–H and O–H groups in total. The molecule has 2 nitrogen and oxygen atoms in total. The zero-order valence-corrected chi connectivity index (χ0v) is 12.6. The Morgan fingerprint density at radius 3 is 2.40 bits per heavy atom. The van der Waals surface area contributed by atoms with E-state index in [1.807, 2.05) is 0 Å². The fraction of sp³-hybridized carbons (Fsp3) is 0.917. The summed E-state index contributed by atoms with van der Waals surface area (Å²) in [4.78, 5) is 1.63. The Morgan fingerprint density at radius 1 is 1.20 bits per heavy atom. The molecule has 0 aliphatic carbocycles. The minimum Gasteiger partial charge on any atom is -1.00 e. The smallest absolute Gasteiger partial charge is 0.336 e. The molecule has 0 aromatic carbocycles. The van der Waals surface area contributed by atoms with Crippen molar-refractivity contribution in [1.29, 1.82) is 0 Å². The van der Waals surface area contributed by atoms with Crippen molar-refractivity contribution in [2.24, 2.45) is 0 Å². The van der Waals surface area contributed by atoms with E-state index in [0.29, 0.717) is 0 Å². The molecule has 1 heterocycles. The fourth-order valence-electron chi connectivity index (χ4n) is 2.24. The lowest BCUT2D eigenvalue weighted by Crippen LogP contribution is -3.10. The number of halogens is 1. The first-order valence-corrected chi connectivity index (χ1v) is 6.15. The highest BCUT2D eigenvalue weighted by Crippen LogP contribution is 2.04. The molecular formula is C12H26IN2+. The molecule has 0 aromatic rings. The minimum atomic E-state index is 0. The molecule has 0 radical (unpaired) electrons. The van der Waals surface area contributed by atoms with E-state index in [0.717, 1.165) is 0 Å². The number of hydrogen-bond acceptors (Lipinski definition) is 0. The van der Waals surface area contributed by atoms with Gasteiger partial charge >= 0.3 is 5.84 Å². The van der Waals surface area contributed by atoms with Gasteiger partial charge in [-0.1, -0.05) is 32.6 Å². The Bertz CT molecular complexity index is 202.